The van der Waals surface area contributed by atoms with Gasteiger partial charge in [0.25, 0.3) is 5.91 Å². The largest absolute Gasteiger partial charge is 0.481 e. The Hall–Kier alpha value is -1.65. The molecule has 3 nitrogen and oxygen atoms in total. The van der Waals surface area contributed by atoms with Crippen LogP contribution in [0.3, 0.4) is 0 Å². The van der Waals surface area contributed by atoms with Crippen molar-refractivity contribution in [3.05, 3.63) is 64.2 Å². The minimum atomic E-state index is -0.464. The first kappa shape index (κ1) is 20.7. The molecular formula is C21H26ClNO2S. The van der Waals surface area contributed by atoms with Crippen molar-refractivity contribution in [2.24, 2.45) is 0 Å². The predicted octanol–water partition coefficient (Wildman–Crippen LogP) is 5.16. The molecule has 1 N–H and O–H groups in total. The highest BCUT2D eigenvalue weighted by molar-refractivity contribution is 7.98. The molecule has 0 saturated heterocycles. The molecule has 5 heteroatoms. The van der Waals surface area contributed by atoms with Crippen LogP contribution in [0.15, 0.2) is 42.5 Å². The highest BCUT2D eigenvalue weighted by Crippen LogP contribution is 2.19. The van der Waals surface area contributed by atoms with E-state index in [0.29, 0.717) is 13.0 Å². The molecule has 2 aromatic carbocycles. The van der Waals surface area contributed by atoms with Crippen LogP contribution in [0.2, 0.25) is 5.02 Å². The number of hydrogen-bond acceptors (Lipinski definition) is 3. The number of nitrogens with one attached hydrogen (secondary N) is 1. The summed E-state index contributed by atoms with van der Waals surface area (Å²) in [7, 11) is 0. The third-order valence-corrected chi connectivity index (χ3v) is 5.11. The minimum Gasteiger partial charge on any atom is -0.481 e. The summed E-state index contributed by atoms with van der Waals surface area (Å²) in [5.74, 6) is 2.42. The van der Waals surface area contributed by atoms with E-state index in [9.17, 15) is 4.79 Å². The molecule has 0 saturated carbocycles. The van der Waals surface area contributed by atoms with Gasteiger partial charge in [-0.25, -0.2) is 0 Å². The second kappa shape index (κ2) is 10.5. The van der Waals surface area contributed by atoms with Crippen LogP contribution < -0.4 is 10.1 Å². The van der Waals surface area contributed by atoms with Crippen LogP contribution in [0.4, 0.5) is 0 Å². The van der Waals surface area contributed by atoms with Crippen molar-refractivity contribution >= 4 is 29.3 Å². The quantitative estimate of drug-likeness (QED) is 0.599. The van der Waals surface area contributed by atoms with Crippen LogP contribution in [-0.4, -0.2) is 24.3 Å². The van der Waals surface area contributed by atoms with Crippen molar-refractivity contribution in [2.75, 3.05) is 12.3 Å². The van der Waals surface area contributed by atoms with Gasteiger partial charge in [0.15, 0.2) is 6.10 Å². The van der Waals surface area contributed by atoms with Gasteiger partial charge in [0, 0.05) is 23.1 Å². The smallest absolute Gasteiger partial charge is 0.261 e. The molecule has 0 fully saturated rings. The molecule has 140 valence electrons. The van der Waals surface area contributed by atoms with Gasteiger partial charge in [-0.3, -0.25) is 4.79 Å². The van der Waals surface area contributed by atoms with E-state index >= 15 is 0 Å². The summed E-state index contributed by atoms with van der Waals surface area (Å²) in [6.07, 6.45) is 0.170. The molecule has 1 unspecified atom stereocenters. The van der Waals surface area contributed by atoms with E-state index in [2.05, 4.69) is 17.4 Å². The number of rotatable bonds is 9. The van der Waals surface area contributed by atoms with Crippen LogP contribution in [0.25, 0.3) is 0 Å². The molecule has 1 atom stereocenters. The van der Waals surface area contributed by atoms with Crippen LogP contribution in [0, 0.1) is 13.8 Å². The number of aryl methyl sites for hydroxylation is 2. The van der Waals surface area contributed by atoms with Gasteiger partial charge in [0.1, 0.15) is 5.75 Å². The molecule has 0 spiro atoms. The average Bonchev–Trinajstić information content (AvgIpc) is 2.58. The molecule has 0 radical (unpaired) electrons. The van der Waals surface area contributed by atoms with Gasteiger partial charge in [-0.05, 0) is 61.2 Å². The van der Waals surface area contributed by atoms with Crippen molar-refractivity contribution in [1.29, 1.82) is 0 Å². The Balaban J connectivity index is 1.74. The second-order valence-corrected chi connectivity index (χ2v) is 7.85. The fraction of sp³-hybridized carbons (Fsp3) is 0.381. The monoisotopic (exact) mass is 391 g/mol. The lowest BCUT2D eigenvalue weighted by molar-refractivity contribution is -0.127. The Bertz CT molecular complexity index is 715. The van der Waals surface area contributed by atoms with Crippen LogP contribution in [0.1, 0.15) is 30.0 Å². The summed E-state index contributed by atoms with van der Waals surface area (Å²) in [5, 5.41) is 3.73. The Kier molecular flexibility index (Phi) is 8.33. The van der Waals surface area contributed by atoms with Gasteiger partial charge >= 0.3 is 0 Å². The van der Waals surface area contributed by atoms with E-state index in [-0.39, 0.29) is 5.91 Å². The minimum absolute atomic E-state index is 0.0602. The molecule has 0 aromatic heterocycles. The number of hydrogen-bond donors (Lipinski definition) is 1. The lowest BCUT2D eigenvalue weighted by atomic mass is 10.1. The number of halogens is 1. The normalized spacial score (nSPS) is 11.8. The molecule has 0 aliphatic heterocycles. The number of amides is 1. The van der Waals surface area contributed by atoms with Crippen molar-refractivity contribution in [3.8, 4) is 5.75 Å². The summed E-state index contributed by atoms with van der Waals surface area (Å²) < 4.78 is 5.89. The average molecular weight is 392 g/mol. The van der Waals surface area contributed by atoms with Crippen molar-refractivity contribution in [1.82, 2.24) is 5.32 Å². The molecule has 0 aliphatic rings. The third kappa shape index (κ3) is 6.93. The maximum Gasteiger partial charge on any atom is 0.261 e. The summed E-state index contributed by atoms with van der Waals surface area (Å²) in [4.78, 5) is 12.4. The van der Waals surface area contributed by atoms with Crippen LogP contribution >= 0.6 is 23.4 Å². The molecule has 2 aromatic rings. The number of carbonyl (C=O) groups excluding carboxylic acids is 1. The first-order valence-corrected chi connectivity index (χ1v) is 10.4. The zero-order chi connectivity index (χ0) is 18.9. The fourth-order valence-corrected chi connectivity index (χ4v) is 3.68. The Labute approximate surface area is 165 Å². The molecule has 0 heterocycles. The van der Waals surface area contributed by atoms with Gasteiger partial charge < -0.3 is 10.1 Å². The SMILES string of the molecule is CCC(Oc1cc(C)cc(C)c1)C(=O)NCCSCc1cccc(Cl)c1. The van der Waals surface area contributed by atoms with E-state index in [1.165, 1.54) is 5.56 Å². The zero-order valence-corrected chi connectivity index (χ0v) is 17.1. The van der Waals surface area contributed by atoms with Crippen molar-refractivity contribution < 1.29 is 9.53 Å². The molecule has 1 amide bonds. The molecule has 0 bridgehead atoms. The Morgan fingerprint density at radius 3 is 2.58 bits per heavy atom. The van der Waals surface area contributed by atoms with E-state index in [1.54, 1.807) is 11.8 Å². The van der Waals surface area contributed by atoms with E-state index in [4.69, 9.17) is 16.3 Å². The highest BCUT2D eigenvalue weighted by atomic mass is 35.5. The van der Waals surface area contributed by atoms with Gasteiger partial charge in [0.05, 0.1) is 0 Å². The molecule has 26 heavy (non-hydrogen) atoms. The summed E-state index contributed by atoms with van der Waals surface area (Å²) in [6.45, 7) is 6.63. The van der Waals surface area contributed by atoms with E-state index < -0.39 is 6.10 Å². The molecule has 0 aliphatic carbocycles. The molecule has 2 rings (SSSR count). The standard InChI is InChI=1S/C21H26ClNO2S/c1-4-20(25-19-11-15(2)10-16(3)12-19)21(24)23-8-9-26-14-17-6-5-7-18(22)13-17/h5-7,10-13,20H,4,8-9,14H2,1-3H3,(H,23,24). The number of ether oxygens (including phenoxy) is 1. The highest BCUT2D eigenvalue weighted by Gasteiger charge is 2.18. The Morgan fingerprint density at radius 1 is 1.19 bits per heavy atom. The summed E-state index contributed by atoms with van der Waals surface area (Å²) >= 11 is 7.75. The van der Waals surface area contributed by atoms with E-state index in [1.807, 2.05) is 51.1 Å². The lowest BCUT2D eigenvalue weighted by Crippen LogP contribution is -2.39. The first-order valence-electron chi connectivity index (χ1n) is 8.82. The summed E-state index contributed by atoms with van der Waals surface area (Å²) in [6, 6.07) is 13.9. The van der Waals surface area contributed by atoms with Gasteiger partial charge in [0.2, 0.25) is 0 Å². The first-order chi connectivity index (χ1) is 12.5. The van der Waals surface area contributed by atoms with Crippen molar-refractivity contribution in [2.45, 2.75) is 39.0 Å². The predicted molar refractivity (Wildman–Crippen MR) is 111 cm³/mol. The third-order valence-electron chi connectivity index (χ3n) is 3.84. The van der Waals surface area contributed by atoms with E-state index in [0.717, 1.165) is 33.4 Å². The molecular weight excluding hydrogens is 366 g/mol. The fourth-order valence-electron chi connectivity index (χ4n) is 2.66. The summed E-state index contributed by atoms with van der Waals surface area (Å²) in [5.41, 5.74) is 3.46. The van der Waals surface area contributed by atoms with Gasteiger partial charge in [-0.2, -0.15) is 11.8 Å². The second-order valence-electron chi connectivity index (χ2n) is 6.31. The van der Waals surface area contributed by atoms with Gasteiger partial charge in [-0.1, -0.05) is 36.7 Å². The van der Waals surface area contributed by atoms with Crippen LogP contribution in [0.5, 0.6) is 5.75 Å². The van der Waals surface area contributed by atoms with Gasteiger partial charge in [-0.15, -0.1) is 0 Å². The maximum absolute atomic E-state index is 12.4. The maximum atomic E-state index is 12.4. The van der Waals surface area contributed by atoms with Crippen LogP contribution in [-0.2, 0) is 10.5 Å². The number of carbonyl (C=O) groups is 1. The zero-order valence-electron chi connectivity index (χ0n) is 15.5. The number of benzene rings is 2. The van der Waals surface area contributed by atoms with Crippen molar-refractivity contribution in [3.63, 3.8) is 0 Å². The Morgan fingerprint density at radius 2 is 1.92 bits per heavy atom. The lowest BCUT2D eigenvalue weighted by Gasteiger charge is -2.18. The topological polar surface area (TPSA) is 38.3 Å². The number of thioether (sulfide) groups is 1.